The molecule has 3 amide bonds. The number of hydrogen-bond acceptors (Lipinski definition) is 5. The van der Waals surface area contributed by atoms with Gasteiger partial charge in [0.1, 0.15) is 0 Å². The number of amides is 3. The number of unbranched alkanes of at least 4 members (excludes halogenated alkanes) is 2. The van der Waals surface area contributed by atoms with Gasteiger partial charge in [-0.1, -0.05) is 32.3 Å². The lowest BCUT2D eigenvalue weighted by Crippen LogP contribution is -2.35. The van der Waals surface area contributed by atoms with E-state index in [0.29, 0.717) is 0 Å². The molecule has 28 heavy (non-hydrogen) atoms. The number of hydrogen-bond donors (Lipinski definition) is 1. The van der Waals surface area contributed by atoms with E-state index in [0.717, 1.165) is 30.6 Å². The van der Waals surface area contributed by atoms with Crippen LogP contribution in [0.25, 0.3) is 0 Å². The summed E-state index contributed by atoms with van der Waals surface area (Å²) in [7, 11) is 0. The van der Waals surface area contributed by atoms with E-state index in [9.17, 15) is 19.2 Å². The van der Waals surface area contributed by atoms with Crippen LogP contribution in [-0.4, -0.2) is 47.8 Å². The first-order valence-corrected chi connectivity index (χ1v) is 9.46. The van der Waals surface area contributed by atoms with Crippen molar-refractivity contribution in [1.29, 1.82) is 0 Å². The Labute approximate surface area is 164 Å². The predicted molar refractivity (Wildman–Crippen MR) is 104 cm³/mol. The Morgan fingerprint density at radius 2 is 1.93 bits per heavy atom. The Kier molecular flexibility index (Phi) is 7.49. The molecule has 0 radical (unpaired) electrons. The van der Waals surface area contributed by atoms with Crippen LogP contribution in [0.2, 0.25) is 0 Å². The molecule has 7 heteroatoms. The molecule has 1 heterocycles. The number of benzene rings is 1. The van der Waals surface area contributed by atoms with Gasteiger partial charge >= 0.3 is 5.97 Å². The van der Waals surface area contributed by atoms with E-state index in [1.165, 1.54) is 24.3 Å². The fraction of sp³-hybridized carbons (Fsp3) is 0.429. The van der Waals surface area contributed by atoms with E-state index in [-0.39, 0.29) is 35.2 Å². The molecule has 2 rings (SSSR count). The minimum atomic E-state index is -0.723. The number of carbonyl (C=O) groups excluding carboxylic acids is 4. The van der Waals surface area contributed by atoms with Crippen molar-refractivity contribution in [2.24, 2.45) is 0 Å². The first kappa shape index (κ1) is 21.3. The maximum absolute atomic E-state index is 12.3. The number of nitrogens with zero attached hydrogens (tertiary/aromatic N) is 1. The van der Waals surface area contributed by atoms with Crippen molar-refractivity contribution >= 4 is 23.7 Å². The Bertz CT molecular complexity index is 787. The van der Waals surface area contributed by atoms with E-state index < -0.39 is 24.4 Å². The van der Waals surface area contributed by atoms with Crippen LogP contribution in [0, 0.1) is 0 Å². The monoisotopic (exact) mass is 386 g/mol. The Balaban J connectivity index is 1.92. The normalized spacial score (nSPS) is 13.9. The average molecular weight is 386 g/mol. The number of esters is 1. The van der Waals surface area contributed by atoms with Gasteiger partial charge < -0.3 is 10.1 Å². The third kappa shape index (κ3) is 5.06. The van der Waals surface area contributed by atoms with E-state index >= 15 is 0 Å². The second-order valence-corrected chi connectivity index (χ2v) is 6.81. The zero-order valence-electron chi connectivity index (χ0n) is 16.3. The highest BCUT2D eigenvalue weighted by atomic mass is 16.5. The molecular formula is C21H26N2O5. The summed E-state index contributed by atoms with van der Waals surface area (Å²) >= 11 is 0. The fourth-order valence-electron chi connectivity index (χ4n) is 3.02. The summed E-state index contributed by atoms with van der Waals surface area (Å²) in [4.78, 5) is 49.7. The Morgan fingerprint density at radius 3 is 2.61 bits per heavy atom. The topological polar surface area (TPSA) is 92.8 Å². The highest BCUT2D eigenvalue weighted by Gasteiger charge is 2.35. The molecule has 1 N–H and O–H groups in total. The summed E-state index contributed by atoms with van der Waals surface area (Å²) in [6.45, 7) is 7.25. The lowest BCUT2D eigenvalue weighted by molar-refractivity contribution is -0.124. The first-order chi connectivity index (χ1) is 13.4. The highest BCUT2D eigenvalue weighted by molar-refractivity contribution is 6.22. The van der Waals surface area contributed by atoms with E-state index in [4.69, 9.17) is 4.74 Å². The summed E-state index contributed by atoms with van der Waals surface area (Å²) in [5.41, 5.74) is 0.501. The minimum Gasteiger partial charge on any atom is -0.452 e. The van der Waals surface area contributed by atoms with Crippen molar-refractivity contribution < 1.29 is 23.9 Å². The quantitative estimate of drug-likeness (QED) is 0.289. The van der Waals surface area contributed by atoms with Crippen molar-refractivity contribution in [1.82, 2.24) is 10.2 Å². The van der Waals surface area contributed by atoms with Gasteiger partial charge in [-0.2, -0.15) is 0 Å². The summed E-state index contributed by atoms with van der Waals surface area (Å²) in [5, 5.41) is 2.79. The molecule has 1 aromatic carbocycles. The van der Waals surface area contributed by atoms with Crippen molar-refractivity contribution in [3.05, 3.63) is 47.5 Å². The molecule has 0 saturated heterocycles. The molecule has 0 fully saturated rings. The molecule has 150 valence electrons. The smallest absolute Gasteiger partial charge is 0.338 e. The number of rotatable bonds is 10. The number of nitrogens with one attached hydrogen (secondary N) is 1. The second kappa shape index (κ2) is 9.82. The zero-order chi connectivity index (χ0) is 20.7. The summed E-state index contributed by atoms with van der Waals surface area (Å²) in [5.74, 6) is -2.00. The van der Waals surface area contributed by atoms with Crippen LogP contribution in [0.15, 0.2) is 30.9 Å². The maximum Gasteiger partial charge on any atom is 0.338 e. The maximum atomic E-state index is 12.3. The molecule has 1 aromatic rings. The van der Waals surface area contributed by atoms with Crippen LogP contribution in [0.1, 0.15) is 70.6 Å². The summed E-state index contributed by atoms with van der Waals surface area (Å²) in [6.07, 6.45) is 5.58. The molecule has 0 unspecified atom stereocenters. The van der Waals surface area contributed by atoms with E-state index in [1.807, 2.05) is 6.92 Å². The van der Waals surface area contributed by atoms with Crippen molar-refractivity contribution in [3.63, 3.8) is 0 Å². The van der Waals surface area contributed by atoms with Crippen molar-refractivity contribution in [3.8, 4) is 0 Å². The standard InChI is InChI=1S/C21H26N2O5/c1-4-6-7-8-14(3)22-18(24)13-28-21(27)15-9-10-16-17(12-15)20(26)23(11-5-2)19(16)25/h5,9-10,12,14H,2,4,6-8,11,13H2,1,3H3,(H,22,24)/t14-/m1/s1. The Hall–Kier alpha value is -2.96. The number of ether oxygens (including phenoxy) is 1. The van der Waals surface area contributed by atoms with Gasteiger partial charge in [-0.15, -0.1) is 6.58 Å². The molecule has 0 aromatic heterocycles. The third-order valence-corrected chi connectivity index (χ3v) is 4.50. The molecule has 7 nitrogen and oxygen atoms in total. The Morgan fingerprint density at radius 1 is 1.21 bits per heavy atom. The summed E-state index contributed by atoms with van der Waals surface area (Å²) in [6, 6.07) is 4.17. The van der Waals surface area contributed by atoms with Gasteiger partial charge in [0, 0.05) is 12.6 Å². The molecular weight excluding hydrogens is 360 g/mol. The van der Waals surface area contributed by atoms with Crippen LogP contribution in [-0.2, 0) is 9.53 Å². The first-order valence-electron chi connectivity index (χ1n) is 9.46. The van der Waals surface area contributed by atoms with Gasteiger partial charge in [-0.25, -0.2) is 4.79 Å². The minimum absolute atomic E-state index is 0.0113. The number of carbonyl (C=O) groups is 4. The molecule has 0 aliphatic carbocycles. The van der Waals surface area contributed by atoms with Gasteiger partial charge in [0.2, 0.25) is 0 Å². The van der Waals surface area contributed by atoms with Gasteiger partial charge in [0.15, 0.2) is 6.61 Å². The molecule has 1 aliphatic rings. The molecule has 0 spiro atoms. The van der Waals surface area contributed by atoms with Gasteiger partial charge in [-0.05, 0) is 31.5 Å². The fourth-order valence-corrected chi connectivity index (χ4v) is 3.02. The van der Waals surface area contributed by atoms with Gasteiger partial charge in [-0.3, -0.25) is 19.3 Å². The average Bonchev–Trinajstić information content (AvgIpc) is 2.91. The van der Waals surface area contributed by atoms with Gasteiger partial charge in [0.25, 0.3) is 17.7 Å². The van der Waals surface area contributed by atoms with Crippen LogP contribution in [0.4, 0.5) is 0 Å². The number of imide groups is 1. The lowest BCUT2D eigenvalue weighted by Gasteiger charge is -2.13. The highest BCUT2D eigenvalue weighted by Crippen LogP contribution is 2.24. The van der Waals surface area contributed by atoms with Crippen LogP contribution < -0.4 is 5.32 Å². The summed E-state index contributed by atoms with van der Waals surface area (Å²) < 4.78 is 5.04. The zero-order valence-corrected chi connectivity index (χ0v) is 16.3. The van der Waals surface area contributed by atoms with E-state index in [1.54, 1.807) is 0 Å². The van der Waals surface area contributed by atoms with E-state index in [2.05, 4.69) is 18.8 Å². The molecule has 1 aliphatic heterocycles. The van der Waals surface area contributed by atoms with Crippen molar-refractivity contribution in [2.45, 2.75) is 45.6 Å². The van der Waals surface area contributed by atoms with Gasteiger partial charge in [0.05, 0.1) is 16.7 Å². The lowest BCUT2D eigenvalue weighted by atomic mass is 10.1. The third-order valence-electron chi connectivity index (χ3n) is 4.50. The second-order valence-electron chi connectivity index (χ2n) is 6.81. The molecule has 0 saturated carbocycles. The molecule has 0 bridgehead atoms. The molecule has 1 atom stereocenters. The SMILES string of the molecule is C=CCN1C(=O)c2ccc(C(=O)OCC(=O)N[C@H](C)CCCCC)cc2C1=O. The number of fused-ring (bicyclic) bond motifs is 1. The van der Waals surface area contributed by atoms with Crippen LogP contribution in [0.3, 0.4) is 0 Å². The van der Waals surface area contributed by atoms with Crippen LogP contribution in [0.5, 0.6) is 0 Å². The predicted octanol–water partition coefficient (Wildman–Crippen LogP) is 2.71. The van der Waals surface area contributed by atoms with Crippen molar-refractivity contribution in [2.75, 3.05) is 13.2 Å². The largest absolute Gasteiger partial charge is 0.452 e. The van der Waals surface area contributed by atoms with Crippen LogP contribution >= 0.6 is 0 Å².